The van der Waals surface area contributed by atoms with Gasteiger partial charge in [-0.15, -0.1) is 0 Å². The van der Waals surface area contributed by atoms with E-state index in [1.807, 2.05) is 13.8 Å². The minimum Gasteiger partial charge on any atom is -0.480 e. The zero-order valence-corrected chi connectivity index (χ0v) is 10.9. The maximum Gasteiger partial charge on any atom is 0.326 e. The fraction of sp³-hybridized carbons (Fsp3) is 0.846. The van der Waals surface area contributed by atoms with Crippen molar-refractivity contribution in [3.8, 4) is 0 Å². The largest absolute Gasteiger partial charge is 0.480 e. The van der Waals surface area contributed by atoms with Gasteiger partial charge in [0.1, 0.15) is 6.04 Å². The van der Waals surface area contributed by atoms with Crippen LogP contribution < -0.4 is 5.32 Å². The van der Waals surface area contributed by atoms with Crippen LogP contribution in [0, 0.1) is 17.8 Å². The Morgan fingerprint density at radius 2 is 2.06 bits per heavy atom. The standard InChI is InChI=1S/C13H23NO3/c1-4-8(2)11(13(16)17)14-12(15)10-7-5-6-9(10)3/h8-11H,4-7H2,1-3H3,(H,14,15)(H,16,17). The first-order valence-electron chi connectivity index (χ1n) is 6.50. The van der Waals surface area contributed by atoms with Gasteiger partial charge in [0, 0.05) is 5.92 Å². The molecule has 4 unspecified atom stereocenters. The Morgan fingerprint density at radius 3 is 2.47 bits per heavy atom. The lowest BCUT2D eigenvalue weighted by Crippen LogP contribution is -2.47. The Labute approximate surface area is 103 Å². The molecule has 0 aromatic heterocycles. The second-order valence-corrected chi connectivity index (χ2v) is 5.22. The number of nitrogens with one attached hydrogen (secondary N) is 1. The number of aliphatic carboxylic acids is 1. The van der Waals surface area contributed by atoms with Crippen molar-refractivity contribution in [2.45, 2.75) is 52.5 Å². The molecule has 0 saturated heterocycles. The molecule has 1 fully saturated rings. The van der Waals surface area contributed by atoms with E-state index in [2.05, 4.69) is 12.2 Å². The average molecular weight is 241 g/mol. The summed E-state index contributed by atoms with van der Waals surface area (Å²) in [6, 6.07) is -0.750. The molecule has 0 radical (unpaired) electrons. The number of carbonyl (C=O) groups excluding carboxylic acids is 1. The molecule has 0 aromatic rings. The number of carboxylic acid groups (broad SMARTS) is 1. The summed E-state index contributed by atoms with van der Waals surface area (Å²) < 4.78 is 0. The van der Waals surface area contributed by atoms with Crippen molar-refractivity contribution in [1.29, 1.82) is 0 Å². The molecular weight excluding hydrogens is 218 g/mol. The molecule has 1 aliphatic carbocycles. The number of rotatable bonds is 5. The van der Waals surface area contributed by atoms with E-state index in [-0.39, 0.29) is 17.7 Å². The molecule has 4 atom stereocenters. The first-order valence-corrected chi connectivity index (χ1v) is 6.50. The van der Waals surface area contributed by atoms with Gasteiger partial charge in [-0.2, -0.15) is 0 Å². The first-order chi connectivity index (χ1) is 7.97. The van der Waals surface area contributed by atoms with Crippen LogP contribution >= 0.6 is 0 Å². The lowest BCUT2D eigenvalue weighted by molar-refractivity contribution is -0.144. The van der Waals surface area contributed by atoms with Crippen molar-refractivity contribution in [2.75, 3.05) is 0 Å². The van der Waals surface area contributed by atoms with E-state index in [0.717, 1.165) is 25.7 Å². The van der Waals surface area contributed by atoms with E-state index in [9.17, 15) is 9.59 Å². The summed E-state index contributed by atoms with van der Waals surface area (Å²) in [4.78, 5) is 23.1. The molecule has 0 bridgehead atoms. The van der Waals surface area contributed by atoms with E-state index in [0.29, 0.717) is 5.92 Å². The van der Waals surface area contributed by atoms with Crippen molar-refractivity contribution in [1.82, 2.24) is 5.32 Å². The van der Waals surface area contributed by atoms with E-state index >= 15 is 0 Å². The maximum atomic E-state index is 12.0. The van der Waals surface area contributed by atoms with Crippen molar-refractivity contribution in [2.24, 2.45) is 17.8 Å². The molecule has 1 rings (SSSR count). The van der Waals surface area contributed by atoms with Gasteiger partial charge in [0.05, 0.1) is 0 Å². The van der Waals surface area contributed by atoms with Crippen LogP contribution in [0.5, 0.6) is 0 Å². The number of hydrogen-bond donors (Lipinski definition) is 2. The smallest absolute Gasteiger partial charge is 0.326 e. The second-order valence-electron chi connectivity index (χ2n) is 5.22. The summed E-state index contributed by atoms with van der Waals surface area (Å²) in [6.45, 7) is 5.86. The van der Waals surface area contributed by atoms with Crippen LogP contribution in [0.25, 0.3) is 0 Å². The third-order valence-electron chi connectivity index (χ3n) is 3.98. The summed E-state index contributed by atoms with van der Waals surface area (Å²) in [6.07, 6.45) is 3.77. The van der Waals surface area contributed by atoms with Gasteiger partial charge in [0.25, 0.3) is 0 Å². The quantitative estimate of drug-likeness (QED) is 0.774. The second kappa shape index (κ2) is 6.03. The molecule has 0 heterocycles. The zero-order valence-electron chi connectivity index (χ0n) is 10.9. The third-order valence-corrected chi connectivity index (χ3v) is 3.98. The van der Waals surface area contributed by atoms with Gasteiger partial charge in [0.2, 0.25) is 5.91 Å². The van der Waals surface area contributed by atoms with Crippen LogP contribution in [0.2, 0.25) is 0 Å². The first kappa shape index (κ1) is 14.0. The van der Waals surface area contributed by atoms with Crippen LogP contribution in [0.3, 0.4) is 0 Å². The van der Waals surface area contributed by atoms with Gasteiger partial charge in [-0.3, -0.25) is 4.79 Å². The van der Waals surface area contributed by atoms with E-state index in [1.54, 1.807) is 0 Å². The van der Waals surface area contributed by atoms with Gasteiger partial charge in [-0.05, 0) is 24.7 Å². The van der Waals surface area contributed by atoms with Crippen LogP contribution in [0.1, 0.15) is 46.5 Å². The molecule has 1 amide bonds. The number of carbonyl (C=O) groups is 2. The summed E-state index contributed by atoms with van der Waals surface area (Å²) in [5.74, 6) is -0.670. The molecule has 1 saturated carbocycles. The highest BCUT2D eigenvalue weighted by molar-refractivity contribution is 5.85. The molecular formula is C13H23NO3. The monoisotopic (exact) mass is 241 g/mol. The highest BCUT2D eigenvalue weighted by Gasteiger charge is 2.33. The molecule has 4 nitrogen and oxygen atoms in total. The Hall–Kier alpha value is -1.06. The summed E-state index contributed by atoms with van der Waals surface area (Å²) in [7, 11) is 0. The Morgan fingerprint density at radius 1 is 1.41 bits per heavy atom. The van der Waals surface area contributed by atoms with E-state index in [4.69, 9.17) is 5.11 Å². The molecule has 0 spiro atoms. The van der Waals surface area contributed by atoms with Crippen molar-refractivity contribution in [3.63, 3.8) is 0 Å². The summed E-state index contributed by atoms with van der Waals surface area (Å²) in [5, 5.41) is 11.8. The molecule has 0 aromatic carbocycles. The summed E-state index contributed by atoms with van der Waals surface area (Å²) in [5.41, 5.74) is 0. The van der Waals surface area contributed by atoms with Gasteiger partial charge in [0.15, 0.2) is 0 Å². The fourth-order valence-electron chi connectivity index (χ4n) is 2.48. The fourth-order valence-corrected chi connectivity index (χ4v) is 2.48. The Kier molecular flexibility index (Phi) is 4.97. The van der Waals surface area contributed by atoms with Crippen LogP contribution in [-0.2, 0) is 9.59 Å². The summed E-state index contributed by atoms with van der Waals surface area (Å²) >= 11 is 0. The van der Waals surface area contributed by atoms with Crippen LogP contribution in [0.15, 0.2) is 0 Å². The van der Waals surface area contributed by atoms with E-state index < -0.39 is 12.0 Å². The maximum absolute atomic E-state index is 12.0. The predicted molar refractivity (Wildman–Crippen MR) is 65.5 cm³/mol. The minimum absolute atomic E-state index is 0.000839. The van der Waals surface area contributed by atoms with Gasteiger partial charge < -0.3 is 10.4 Å². The Balaban J connectivity index is 2.61. The SMILES string of the molecule is CCC(C)C(NC(=O)C1CCCC1C)C(=O)O. The molecule has 98 valence electrons. The third kappa shape index (κ3) is 3.45. The number of amides is 1. The highest BCUT2D eigenvalue weighted by Crippen LogP contribution is 2.31. The number of carboxylic acids is 1. The molecule has 4 heteroatoms. The van der Waals surface area contributed by atoms with Crippen molar-refractivity contribution >= 4 is 11.9 Å². The van der Waals surface area contributed by atoms with Gasteiger partial charge in [-0.25, -0.2) is 4.79 Å². The lowest BCUT2D eigenvalue weighted by Gasteiger charge is -2.23. The highest BCUT2D eigenvalue weighted by atomic mass is 16.4. The molecule has 2 N–H and O–H groups in total. The van der Waals surface area contributed by atoms with Crippen LogP contribution in [0.4, 0.5) is 0 Å². The van der Waals surface area contributed by atoms with E-state index in [1.165, 1.54) is 0 Å². The van der Waals surface area contributed by atoms with Crippen molar-refractivity contribution in [3.05, 3.63) is 0 Å². The average Bonchev–Trinajstić information content (AvgIpc) is 2.70. The molecule has 0 aliphatic heterocycles. The minimum atomic E-state index is -0.932. The normalized spacial score (nSPS) is 27.5. The van der Waals surface area contributed by atoms with Gasteiger partial charge >= 0.3 is 5.97 Å². The predicted octanol–water partition coefficient (Wildman–Crippen LogP) is 2.04. The van der Waals surface area contributed by atoms with Gasteiger partial charge in [-0.1, -0.05) is 33.6 Å². The van der Waals surface area contributed by atoms with Crippen LogP contribution in [-0.4, -0.2) is 23.0 Å². The van der Waals surface area contributed by atoms with Crippen molar-refractivity contribution < 1.29 is 14.7 Å². The zero-order chi connectivity index (χ0) is 13.0. The lowest BCUT2D eigenvalue weighted by atomic mass is 9.94. The molecule has 17 heavy (non-hydrogen) atoms. The molecule has 1 aliphatic rings. The number of hydrogen-bond acceptors (Lipinski definition) is 2. The topological polar surface area (TPSA) is 66.4 Å². The Bertz CT molecular complexity index is 290.